The van der Waals surface area contributed by atoms with Crippen LogP contribution in [0, 0.1) is 0 Å². The third kappa shape index (κ3) is 2.58. The molecule has 0 atom stereocenters. The Morgan fingerprint density at radius 1 is 1.32 bits per heavy atom. The molecule has 6 heteroatoms. The molecule has 1 aromatic heterocycles. The van der Waals surface area contributed by atoms with Gasteiger partial charge in [0.05, 0.1) is 10.6 Å². The van der Waals surface area contributed by atoms with Crippen LogP contribution in [-0.2, 0) is 0 Å². The highest BCUT2D eigenvalue weighted by atomic mass is 32.1. The van der Waals surface area contributed by atoms with Crippen molar-refractivity contribution in [1.29, 1.82) is 0 Å². The molecule has 0 aliphatic carbocycles. The van der Waals surface area contributed by atoms with Gasteiger partial charge in [0.1, 0.15) is 0 Å². The van der Waals surface area contributed by atoms with Crippen LogP contribution in [0.2, 0.25) is 0 Å². The van der Waals surface area contributed by atoms with Crippen LogP contribution in [0.1, 0.15) is 15.2 Å². The number of hydrogen-bond donors (Lipinski definition) is 2. The first-order valence-electron chi connectivity index (χ1n) is 5.53. The Morgan fingerprint density at radius 3 is 2.68 bits per heavy atom. The maximum atomic E-state index is 12.3. The van der Waals surface area contributed by atoms with Gasteiger partial charge in [0.15, 0.2) is 5.84 Å². The number of carbonyl (C=O) groups excluding carboxylic acids is 1. The number of nitrogens with zero attached hydrogens (tertiary/aromatic N) is 2. The van der Waals surface area contributed by atoms with Crippen LogP contribution in [0.5, 0.6) is 0 Å². The number of hydrogen-bond acceptors (Lipinski definition) is 4. The summed E-state index contributed by atoms with van der Waals surface area (Å²) >= 11 is 1.37. The molecule has 0 aliphatic rings. The predicted octanol–water partition coefficient (Wildman–Crippen LogP) is 2.12. The molecule has 0 spiro atoms. The second-order valence-corrected chi connectivity index (χ2v) is 4.79. The van der Waals surface area contributed by atoms with Gasteiger partial charge in [-0.05, 0) is 23.6 Å². The fourth-order valence-electron chi connectivity index (χ4n) is 1.71. The third-order valence-electron chi connectivity index (χ3n) is 2.69. The molecule has 0 unspecified atom stereocenters. The summed E-state index contributed by atoms with van der Waals surface area (Å²) in [6.45, 7) is 0. The molecule has 5 nitrogen and oxygen atoms in total. The molecule has 0 saturated heterocycles. The quantitative estimate of drug-likeness (QED) is 0.390. The van der Waals surface area contributed by atoms with Gasteiger partial charge in [-0.15, -0.1) is 11.3 Å². The lowest BCUT2D eigenvalue weighted by molar-refractivity contribution is 0.0997. The highest BCUT2D eigenvalue weighted by Crippen LogP contribution is 2.22. The maximum Gasteiger partial charge on any atom is 0.268 e. The number of oxime groups is 1. The van der Waals surface area contributed by atoms with Crippen LogP contribution in [-0.4, -0.2) is 24.0 Å². The first kappa shape index (κ1) is 13.1. The van der Waals surface area contributed by atoms with E-state index in [0.717, 1.165) is 0 Å². The molecule has 1 heterocycles. The minimum atomic E-state index is -0.131. The lowest BCUT2D eigenvalue weighted by Gasteiger charge is -2.19. The average molecular weight is 275 g/mol. The number of nitrogens with two attached hydrogens (primary N) is 1. The van der Waals surface area contributed by atoms with Gasteiger partial charge in [0.25, 0.3) is 5.91 Å². The zero-order valence-corrected chi connectivity index (χ0v) is 11.1. The number of carbonyl (C=O) groups is 1. The molecule has 0 aliphatic heterocycles. The molecule has 0 fully saturated rings. The number of para-hydroxylation sites is 1. The highest BCUT2D eigenvalue weighted by molar-refractivity contribution is 7.12. The molecule has 0 saturated carbocycles. The number of anilines is 1. The summed E-state index contributed by atoms with van der Waals surface area (Å²) in [5, 5.41) is 13.6. The molecular weight excluding hydrogens is 262 g/mol. The van der Waals surface area contributed by atoms with Crippen LogP contribution in [0.4, 0.5) is 5.69 Å². The molecular formula is C13H13N3O2S. The third-order valence-corrected chi connectivity index (χ3v) is 3.54. The van der Waals surface area contributed by atoms with E-state index in [9.17, 15) is 4.79 Å². The largest absolute Gasteiger partial charge is 0.409 e. The SMILES string of the molecule is CN(C(=O)c1cccs1)c1ccccc1C(N)=NO. The van der Waals surface area contributed by atoms with Crippen LogP contribution in [0.3, 0.4) is 0 Å². The molecule has 1 amide bonds. The monoisotopic (exact) mass is 275 g/mol. The topological polar surface area (TPSA) is 78.9 Å². The Bertz CT molecular complexity index is 608. The summed E-state index contributed by atoms with van der Waals surface area (Å²) in [5.41, 5.74) is 6.72. The number of rotatable bonds is 3. The van der Waals surface area contributed by atoms with Crippen molar-refractivity contribution in [2.24, 2.45) is 10.9 Å². The highest BCUT2D eigenvalue weighted by Gasteiger charge is 2.18. The van der Waals surface area contributed by atoms with E-state index in [1.807, 2.05) is 11.4 Å². The standard InChI is InChI=1S/C13H13N3O2S/c1-16(13(17)11-7-4-8-19-11)10-6-3-2-5-9(10)12(14)15-18/h2-8,18H,1H3,(H2,14,15). The van der Waals surface area contributed by atoms with Crippen molar-refractivity contribution in [2.45, 2.75) is 0 Å². The van der Waals surface area contributed by atoms with Crippen molar-refractivity contribution < 1.29 is 10.0 Å². The van der Waals surface area contributed by atoms with E-state index in [4.69, 9.17) is 10.9 Å². The van der Waals surface area contributed by atoms with E-state index in [1.165, 1.54) is 16.2 Å². The van der Waals surface area contributed by atoms with E-state index in [-0.39, 0.29) is 11.7 Å². The summed E-state index contributed by atoms with van der Waals surface area (Å²) in [6, 6.07) is 10.6. The van der Waals surface area contributed by atoms with Gasteiger partial charge in [0, 0.05) is 12.6 Å². The Kier molecular flexibility index (Phi) is 3.82. The molecule has 3 N–H and O–H groups in total. The van der Waals surface area contributed by atoms with Crippen molar-refractivity contribution in [3.63, 3.8) is 0 Å². The Morgan fingerprint density at radius 2 is 2.05 bits per heavy atom. The Labute approximate surface area is 114 Å². The van der Waals surface area contributed by atoms with Gasteiger partial charge in [-0.25, -0.2) is 0 Å². The minimum absolute atomic E-state index is 0.0265. The normalized spacial score (nSPS) is 11.3. The second kappa shape index (κ2) is 5.53. The lowest BCUT2D eigenvalue weighted by atomic mass is 10.1. The lowest BCUT2D eigenvalue weighted by Crippen LogP contribution is -2.28. The summed E-state index contributed by atoms with van der Waals surface area (Å²) in [6.07, 6.45) is 0. The van der Waals surface area contributed by atoms with Gasteiger partial charge in [-0.3, -0.25) is 4.79 Å². The van der Waals surface area contributed by atoms with Crippen molar-refractivity contribution >= 4 is 28.8 Å². The minimum Gasteiger partial charge on any atom is -0.409 e. The molecule has 2 rings (SSSR count). The van der Waals surface area contributed by atoms with Gasteiger partial charge in [-0.2, -0.15) is 0 Å². The average Bonchev–Trinajstić information content (AvgIpc) is 2.99. The molecule has 1 aromatic carbocycles. The van der Waals surface area contributed by atoms with Crippen molar-refractivity contribution in [1.82, 2.24) is 0 Å². The molecule has 0 bridgehead atoms. The van der Waals surface area contributed by atoms with E-state index >= 15 is 0 Å². The summed E-state index contributed by atoms with van der Waals surface area (Å²) in [4.78, 5) is 14.4. The predicted molar refractivity (Wildman–Crippen MR) is 76.0 cm³/mol. The van der Waals surface area contributed by atoms with Gasteiger partial charge in [-0.1, -0.05) is 23.4 Å². The molecule has 2 aromatic rings. The summed E-state index contributed by atoms with van der Waals surface area (Å²) in [5.74, 6) is -0.158. The van der Waals surface area contributed by atoms with Crippen molar-refractivity contribution in [3.05, 3.63) is 52.2 Å². The first-order chi connectivity index (χ1) is 9.15. The van der Waals surface area contributed by atoms with E-state index in [0.29, 0.717) is 16.1 Å². The van der Waals surface area contributed by atoms with Gasteiger partial charge >= 0.3 is 0 Å². The first-order valence-corrected chi connectivity index (χ1v) is 6.41. The number of amides is 1. The van der Waals surface area contributed by atoms with E-state index < -0.39 is 0 Å². The Hall–Kier alpha value is -2.34. The van der Waals surface area contributed by atoms with Crippen LogP contribution in [0.15, 0.2) is 46.9 Å². The summed E-state index contributed by atoms with van der Waals surface area (Å²) < 4.78 is 0. The van der Waals surface area contributed by atoms with Crippen LogP contribution >= 0.6 is 11.3 Å². The van der Waals surface area contributed by atoms with E-state index in [2.05, 4.69) is 5.16 Å². The van der Waals surface area contributed by atoms with E-state index in [1.54, 1.807) is 37.4 Å². The second-order valence-electron chi connectivity index (χ2n) is 3.84. The fourth-order valence-corrected chi connectivity index (χ4v) is 2.41. The van der Waals surface area contributed by atoms with Gasteiger partial charge < -0.3 is 15.8 Å². The zero-order chi connectivity index (χ0) is 13.8. The van der Waals surface area contributed by atoms with Crippen molar-refractivity contribution in [2.75, 3.05) is 11.9 Å². The van der Waals surface area contributed by atoms with Gasteiger partial charge in [0.2, 0.25) is 0 Å². The van der Waals surface area contributed by atoms with Crippen LogP contribution in [0.25, 0.3) is 0 Å². The maximum absolute atomic E-state index is 12.3. The Balaban J connectivity index is 2.39. The fraction of sp³-hybridized carbons (Fsp3) is 0.0769. The van der Waals surface area contributed by atoms with Crippen molar-refractivity contribution in [3.8, 4) is 0 Å². The van der Waals surface area contributed by atoms with Crippen LogP contribution < -0.4 is 10.6 Å². The number of amidine groups is 1. The number of thiophene rings is 1. The summed E-state index contributed by atoms with van der Waals surface area (Å²) in [7, 11) is 1.66. The molecule has 0 radical (unpaired) electrons. The zero-order valence-electron chi connectivity index (χ0n) is 10.3. The smallest absolute Gasteiger partial charge is 0.268 e. The molecule has 98 valence electrons. The molecule has 19 heavy (non-hydrogen) atoms. The number of benzene rings is 1.